The largest absolute Gasteiger partial charge is 0.352 e. The van der Waals surface area contributed by atoms with Gasteiger partial charge in [0.25, 0.3) is 0 Å². The summed E-state index contributed by atoms with van der Waals surface area (Å²) in [7, 11) is 0. The number of benzene rings is 1. The van der Waals surface area contributed by atoms with Gasteiger partial charge in [0.15, 0.2) is 5.78 Å². The standard InChI is InChI=1S/C13H13NO2/c1-9-4-2-5-10-8-11(14-13(9)10)12(16)6-3-7-15/h2,4-5,7-8,14H,3,6H2,1H3. The predicted octanol–water partition coefficient (Wildman–Crippen LogP) is 2.64. The number of nitrogens with one attached hydrogen (secondary N) is 1. The molecule has 0 radical (unpaired) electrons. The molecule has 2 aromatic rings. The van der Waals surface area contributed by atoms with E-state index in [1.54, 1.807) is 0 Å². The Bertz CT molecular complexity index is 540. The zero-order valence-electron chi connectivity index (χ0n) is 9.12. The summed E-state index contributed by atoms with van der Waals surface area (Å²) in [6.45, 7) is 2.00. The van der Waals surface area contributed by atoms with E-state index in [0.29, 0.717) is 5.69 Å². The molecular weight excluding hydrogens is 202 g/mol. The van der Waals surface area contributed by atoms with E-state index in [1.807, 2.05) is 31.2 Å². The van der Waals surface area contributed by atoms with Gasteiger partial charge in [-0.15, -0.1) is 0 Å². The number of rotatable bonds is 4. The van der Waals surface area contributed by atoms with Crippen molar-refractivity contribution in [3.8, 4) is 0 Å². The number of carbonyl (C=O) groups excluding carboxylic acids is 2. The summed E-state index contributed by atoms with van der Waals surface area (Å²) in [6, 6.07) is 7.77. The van der Waals surface area contributed by atoms with Gasteiger partial charge in [-0.25, -0.2) is 0 Å². The summed E-state index contributed by atoms with van der Waals surface area (Å²) in [6.07, 6.45) is 1.33. The number of fused-ring (bicyclic) bond motifs is 1. The van der Waals surface area contributed by atoms with Crippen molar-refractivity contribution < 1.29 is 9.59 Å². The molecule has 1 heterocycles. The van der Waals surface area contributed by atoms with Crippen LogP contribution in [0.25, 0.3) is 10.9 Å². The molecule has 3 heteroatoms. The number of aldehydes is 1. The SMILES string of the molecule is Cc1cccc2cc(C(=O)CCC=O)[nH]c12. The summed E-state index contributed by atoms with van der Waals surface area (Å²) in [5.74, 6) is -0.0114. The van der Waals surface area contributed by atoms with Crippen molar-refractivity contribution in [3.63, 3.8) is 0 Å². The second kappa shape index (κ2) is 4.31. The van der Waals surface area contributed by atoms with Crippen molar-refractivity contribution in [2.24, 2.45) is 0 Å². The maximum atomic E-state index is 11.7. The molecule has 0 saturated heterocycles. The molecule has 1 aromatic carbocycles. The first-order valence-corrected chi connectivity index (χ1v) is 5.27. The van der Waals surface area contributed by atoms with Gasteiger partial charge in [-0.3, -0.25) is 4.79 Å². The third-order valence-electron chi connectivity index (χ3n) is 2.65. The quantitative estimate of drug-likeness (QED) is 0.629. The lowest BCUT2D eigenvalue weighted by Gasteiger charge is -1.94. The van der Waals surface area contributed by atoms with Crippen LogP contribution in [-0.4, -0.2) is 17.1 Å². The van der Waals surface area contributed by atoms with E-state index in [4.69, 9.17) is 0 Å². The predicted molar refractivity (Wildman–Crippen MR) is 62.7 cm³/mol. The minimum absolute atomic E-state index is 0.0114. The Balaban J connectivity index is 2.36. The van der Waals surface area contributed by atoms with E-state index in [2.05, 4.69) is 4.98 Å². The number of aromatic amines is 1. The minimum atomic E-state index is -0.0114. The number of aromatic nitrogens is 1. The lowest BCUT2D eigenvalue weighted by Crippen LogP contribution is -1.99. The first-order valence-electron chi connectivity index (χ1n) is 5.27. The second-order valence-electron chi connectivity index (χ2n) is 3.85. The van der Waals surface area contributed by atoms with Crippen molar-refractivity contribution in [1.82, 2.24) is 4.98 Å². The first kappa shape index (κ1) is 10.6. The molecular formula is C13H13NO2. The van der Waals surface area contributed by atoms with Crippen molar-refractivity contribution in [2.45, 2.75) is 19.8 Å². The van der Waals surface area contributed by atoms with Crippen LogP contribution in [0.15, 0.2) is 24.3 Å². The summed E-state index contributed by atoms with van der Waals surface area (Å²) < 4.78 is 0. The van der Waals surface area contributed by atoms with Gasteiger partial charge in [0, 0.05) is 23.7 Å². The Morgan fingerprint density at radius 3 is 2.94 bits per heavy atom. The van der Waals surface area contributed by atoms with Gasteiger partial charge in [-0.1, -0.05) is 18.2 Å². The van der Waals surface area contributed by atoms with E-state index in [1.165, 1.54) is 0 Å². The lowest BCUT2D eigenvalue weighted by molar-refractivity contribution is -0.107. The molecule has 0 amide bonds. The zero-order chi connectivity index (χ0) is 11.5. The first-order chi connectivity index (χ1) is 7.72. The molecule has 0 aliphatic rings. The van der Waals surface area contributed by atoms with Crippen molar-refractivity contribution in [1.29, 1.82) is 0 Å². The summed E-state index contributed by atoms with van der Waals surface area (Å²) in [4.78, 5) is 25.0. The molecule has 0 atom stereocenters. The number of ketones is 1. The molecule has 0 spiro atoms. The fourth-order valence-corrected chi connectivity index (χ4v) is 1.78. The zero-order valence-corrected chi connectivity index (χ0v) is 9.12. The Morgan fingerprint density at radius 2 is 2.25 bits per heavy atom. The van der Waals surface area contributed by atoms with Crippen molar-refractivity contribution >= 4 is 23.0 Å². The van der Waals surface area contributed by atoms with Gasteiger partial charge in [0.05, 0.1) is 5.69 Å². The van der Waals surface area contributed by atoms with Crippen LogP contribution in [-0.2, 0) is 4.79 Å². The fraction of sp³-hybridized carbons (Fsp3) is 0.231. The smallest absolute Gasteiger partial charge is 0.179 e. The van der Waals surface area contributed by atoms with Gasteiger partial charge in [0.1, 0.15) is 6.29 Å². The highest BCUT2D eigenvalue weighted by molar-refractivity contribution is 6.00. The van der Waals surface area contributed by atoms with E-state index < -0.39 is 0 Å². The molecule has 2 rings (SSSR count). The Hall–Kier alpha value is -1.90. The van der Waals surface area contributed by atoms with Crippen LogP contribution in [0.1, 0.15) is 28.9 Å². The molecule has 0 saturated carbocycles. The number of aryl methyl sites for hydroxylation is 1. The van der Waals surface area contributed by atoms with Crippen LogP contribution in [0.4, 0.5) is 0 Å². The Kier molecular flexibility index (Phi) is 2.86. The van der Waals surface area contributed by atoms with Crippen LogP contribution in [0, 0.1) is 6.92 Å². The van der Waals surface area contributed by atoms with Gasteiger partial charge >= 0.3 is 0 Å². The molecule has 0 bridgehead atoms. The maximum absolute atomic E-state index is 11.7. The number of hydrogen-bond acceptors (Lipinski definition) is 2. The van der Waals surface area contributed by atoms with Crippen LogP contribution >= 0.6 is 0 Å². The van der Waals surface area contributed by atoms with Crippen molar-refractivity contribution in [3.05, 3.63) is 35.5 Å². The molecule has 1 N–H and O–H groups in total. The Labute approximate surface area is 93.5 Å². The van der Waals surface area contributed by atoms with E-state index in [9.17, 15) is 9.59 Å². The van der Waals surface area contributed by atoms with E-state index in [-0.39, 0.29) is 18.6 Å². The number of Topliss-reactive ketones (excluding diaryl/α,β-unsaturated/α-hetero) is 1. The topological polar surface area (TPSA) is 49.9 Å². The average Bonchev–Trinajstić information content (AvgIpc) is 2.71. The molecule has 0 unspecified atom stereocenters. The summed E-state index contributed by atoms with van der Waals surface area (Å²) >= 11 is 0. The average molecular weight is 215 g/mol. The monoisotopic (exact) mass is 215 g/mol. The van der Waals surface area contributed by atoms with Crippen LogP contribution in [0.3, 0.4) is 0 Å². The fourth-order valence-electron chi connectivity index (χ4n) is 1.78. The summed E-state index contributed by atoms with van der Waals surface area (Å²) in [5, 5.41) is 1.04. The van der Waals surface area contributed by atoms with Gasteiger partial charge in [-0.2, -0.15) is 0 Å². The number of hydrogen-bond donors (Lipinski definition) is 1. The minimum Gasteiger partial charge on any atom is -0.352 e. The molecule has 0 fully saturated rings. The number of para-hydroxylation sites is 1. The second-order valence-corrected chi connectivity index (χ2v) is 3.85. The van der Waals surface area contributed by atoms with Gasteiger partial charge in [0.2, 0.25) is 0 Å². The van der Waals surface area contributed by atoms with Gasteiger partial charge < -0.3 is 9.78 Å². The van der Waals surface area contributed by atoms with E-state index in [0.717, 1.165) is 22.8 Å². The molecule has 16 heavy (non-hydrogen) atoms. The molecule has 0 aliphatic carbocycles. The molecule has 3 nitrogen and oxygen atoms in total. The number of carbonyl (C=O) groups is 2. The summed E-state index contributed by atoms with van der Waals surface area (Å²) in [5.41, 5.74) is 2.70. The van der Waals surface area contributed by atoms with Crippen LogP contribution in [0.2, 0.25) is 0 Å². The molecule has 0 aliphatic heterocycles. The van der Waals surface area contributed by atoms with Crippen LogP contribution in [0.5, 0.6) is 0 Å². The van der Waals surface area contributed by atoms with E-state index >= 15 is 0 Å². The molecule has 82 valence electrons. The van der Waals surface area contributed by atoms with Gasteiger partial charge in [-0.05, 0) is 18.6 Å². The highest BCUT2D eigenvalue weighted by Gasteiger charge is 2.09. The normalized spacial score (nSPS) is 10.6. The third-order valence-corrected chi connectivity index (χ3v) is 2.65. The van der Waals surface area contributed by atoms with Crippen molar-refractivity contribution in [2.75, 3.05) is 0 Å². The molecule has 1 aromatic heterocycles. The number of H-pyrrole nitrogens is 1. The third kappa shape index (κ3) is 1.89. The van der Waals surface area contributed by atoms with Crippen LogP contribution < -0.4 is 0 Å². The highest BCUT2D eigenvalue weighted by atomic mass is 16.1. The lowest BCUT2D eigenvalue weighted by atomic mass is 10.1. The highest BCUT2D eigenvalue weighted by Crippen LogP contribution is 2.19. The maximum Gasteiger partial charge on any atom is 0.179 e. The Morgan fingerprint density at radius 1 is 1.44 bits per heavy atom.